The number of carbonyl (C=O) groups is 2. The van der Waals surface area contributed by atoms with Crippen molar-refractivity contribution in [3.63, 3.8) is 0 Å². The molecule has 2 aliphatic heterocycles. The predicted octanol–water partition coefficient (Wildman–Crippen LogP) is 0.566. The summed E-state index contributed by atoms with van der Waals surface area (Å²) < 4.78 is 0. The molecule has 0 unspecified atom stereocenters. The van der Waals surface area contributed by atoms with E-state index in [9.17, 15) is 9.59 Å². The van der Waals surface area contributed by atoms with E-state index in [1.54, 1.807) is 7.05 Å². The molecule has 5 nitrogen and oxygen atoms in total. The summed E-state index contributed by atoms with van der Waals surface area (Å²) in [7, 11) is 1.57. The van der Waals surface area contributed by atoms with Gasteiger partial charge in [0.2, 0.25) is 11.8 Å². The molecule has 2 heterocycles. The van der Waals surface area contributed by atoms with E-state index >= 15 is 0 Å². The van der Waals surface area contributed by atoms with Crippen LogP contribution in [0.1, 0.15) is 6.42 Å². The van der Waals surface area contributed by atoms with Gasteiger partial charge in [0.1, 0.15) is 0 Å². The fraction of sp³-hybridized carbons (Fsp3) is 0.467. The third-order valence-electron chi connectivity index (χ3n) is 4.23. The third-order valence-corrected chi connectivity index (χ3v) is 4.23. The molecule has 0 bridgehead atoms. The normalized spacial score (nSPS) is 24.6. The lowest BCUT2D eigenvalue weighted by Crippen LogP contribution is -2.52. The Morgan fingerprint density at radius 2 is 1.65 bits per heavy atom. The first-order valence-corrected chi connectivity index (χ1v) is 7.01. The van der Waals surface area contributed by atoms with E-state index < -0.39 is 0 Å². The second kappa shape index (κ2) is 5.25. The van der Waals surface area contributed by atoms with E-state index in [-0.39, 0.29) is 17.9 Å². The zero-order valence-corrected chi connectivity index (χ0v) is 11.7. The van der Waals surface area contributed by atoms with Crippen LogP contribution in [0.3, 0.4) is 0 Å². The summed E-state index contributed by atoms with van der Waals surface area (Å²) in [6.07, 6.45) is 0.334. The summed E-state index contributed by atoms with van der Waals surface area (Å²) in [5.74, 6) is -0.117. The summed E-state index contributed by atoms with van der Waals surface area (Å²) in [6.45, 7) is 3.44. The van der Waals surface area contributed by atoms with Crippen molar-refractivity contribution in [2.75, 3.05) is 38.1 Å². The molecular formula is C15H19N3O2. The Kier molecular flexibility index (Phi) is 3.44. The van der Waals surface area contributed by atoms with Crippen LogP contribution in [-0.4, -0.2) is 60.9 Å². The zero-order valence-electron chi connectivity index (χ0n) is 11.7. The second-order valence-electron chi connectivity index (χ2n) is 5.37. The largest absolute Gasteiger partial charge is 0.369 e. The molecule has 0 saturated carbocycles. The Morgan fingerprint density at radius 3 is 2.20 bits per heavy atom. The summed E-state index contributed by atoms with van der Waals surface area (Å²) in [5, 5.41) is 0. The molecule has 0 N–H and O–H groups in total. The van der Waals surface area contributed by atoms with Gasteiger partial charge < -0.3 is 4.90 Å². The number of piperazine rings is 1. The molecule has 0 radical (unpaired) electrons. The van der Waals surface area contributed by atoms with Crippen molar-refractivity contribution in [1.29, 1.82) is 0 Å². The number of amides is 2. The maximum atomic E-state index is 12.0. The first-order chi connectivity index (χ1) is 9.66. The third kappa shape index (κ3) is 2.29. The number of likely N-dealkylation sites (N-methyl/N-ethyl adjacent to an activating group) is 1. The van der Waals surface area contributed by atoms with Crippen molar-refractivity contribution >= 4 is 17.5 Å². The van der Waals surface area contributed by atoms with Gasteiger partial charge in [-0.25, -0.2) is 0 Å². The van der Waals surface area contributed by atoms with Crippen molar-refractivity contribution in [2.24, 2.45) is 0 Å². The van der Waals surface area contributed by atoms with Crippen LogP contribution < -0.4 is 4.90 Å². The minimum Gasteiger partial charge on any atom is -0.369 e. The van der Waals surface area contributed by atoms with Gasteiger partial charge in [-0.1, -0.05) is 18.2 Å². The Morgan fingerprint density at radius 1 is 1.00 bits per heavy atom. The van der Waals surface area contributed by atoms with Crippen molar-refractivity contribution < 1.29 is 9.59 Å². The molecule has 1 aromatic rings. The molecule has 106 valence electrons. The molecule has 1 aromatic carbocycles. The molecule has 0 aromatic heterocycles. The quantitative estimate of drug-likeness (QED) is 0.739. The molecule has 5 heteroatoms. The average molecular weight is 273 g/mol. The number of imide groups is 1. The number of nitrogens with zero attached hydrogens (tertiary/aromatic N) is 3. The zero-order chi connectivity index (χ0) is 14.1. The minimum absolute atomic E-state index is 0.0526. The second-order valence-corrected chi connectivity index (χ2v) is 5.37. The number of anilines is 1. The van der Waals surface area contributed by atoms with Gasteiger partial charge in [-0.05, 0) is 12.1 Å². The standard InChI is InChI=1S/C15H19N3O2/c1-16-14(19)11-13(15(16)20)18-9-7-17(8-10-18)12-5-3-2-4-6-12/h2-6,13H,7-11H2,1H3/t13-/m1/s1. The highest BCUT2D eigenvalue weighted by atomic mass is 16.2. The topological polar surface area (TPSA) is 43.9 Å². The first-order valence-electron chi connectivity index (χ1n) is 7.01. The van der Waals surface area contributed by atoms with Crippen LogP contribution >= 0.6 is 0 Å². The molecule has 20 heavy (non-hydrogen) atoms. The monoisotopic (exact) mass is 273 g/mol. The minimum atomic E-state index is -0.245. The molecule has 0 spiro atoms. The van der Waals surface area contributed by atoms with Crippen LogP contribution in [0.25, 0.3) is 0 Å². The van der Waals surface area contributed by atoms with Crippen molar-refractivity contribution in [2.45, 2.75) is 12.5 Å². The molecule has 1 atom stereocenters. The number of hydrogen-bond donors (Lipinski definition) is 0. The van der Waals surface area contributed by atoms with Gasteiger partial charge >= 0.3 is 0 Å². The molecule has 2 saturated heterocycles. The van der Waals surface area contributed by atoms with Crippen LogP contribution in [0.5, 0.6) is 0 Å². The van der Waals surface area contributed by atoms with Gasteiger partial charge in [-0.3, -0.25) is 19.4 Å². The number of rotatable bonds is 2. The summed E-state index contributed by atoms with van der Waals surface area (Å²) >= 11 is 0. The highest BCUT2D eigenvalue weighted by molar-refractivity contribution is 6.05. The molecule has 3 rings (SSSR count). The van der Waals surface area contributed by atoms with Crippen LogP contribution in [0.2, 0.25) is 0 Å². The highest BCUT2D eigenvalue weighted by Gasteiger charge is 2.40. The van der Waals surface area contributed by atoms with Gasteiger partial charge in [0.25, 0.3) is 0 Å². The van der Waals surface area contributed by atoms with Crippen molar-refractivity contribution in [3.05, 3.63) is 30.3 Å². The van der Waals surface area contributed by atoms with Crippen LogP contribution in [0, 0.1) is 0 Å². The first kappa shape index (κ1) is 13.1. The fourth-order valence-electron chi connectivity index (χ4n) is 2.95. The number of benzene rings is 1. The van der Waals surface area contributed by atoms with Gasteiger partial charge in [-0.15, -0.1) is 0 Å². The fourth-order valence-corrected chi connectivity index (χ4v) is 2.95. The van der Waals surface area contributed by atoms with Gasteiger partial charge in [-0.2, -0.15) is 0 Å². The van der Waals surface area contributed by atoms with E-state index in [1.165, 1.54) is 10.6 Å². The number of likely N-dealkylation sites (tertiary alicyclic amines) is 1. The Hall–Kier alpha value is -1.88. The van der Waals surface area contributed by atoms with Crippen LogP contribution in [-0.2, 0) is 9.59 Å². The van der Waals surface area contributed by atoms with Crippen LogP contribution in [0.15, 0.2) is 30.3 Å². The molecule has 2 aliphatic rings. The SMILES string of the molecule is CN1C(=O)C[C@@H](N2CCN(c3ccccc3)CC2)C1=O. The molecule has 0 aliphatic carbocycles. The lowest BCUT2D eigenvalue weighted by molar-refractivity contribution is -0.138. The van der Waals surface area contributed by atoms with E-state index in [2.05, 4.69) is 21.9 Å². The van der Waals surface area contributed by atoms with E-state index in [1.807, 2.05) is 18.2 Å². The number of para-hydroxylation sites is 1. The molecule has 2 fully saturated rings. The number of carbonyl (C=O) groups excluding carboxylic acids is 2. The van der Waals surface area contributed by atoms with Crippen LogP contribution in [0.4, 0.5) is 5.69 Å². The van der Waals surface area contributed by atoms with Crippen molar-refractivity contribution in [1.82, 2.24) is 9.80 Å². The van der Waals surface area contributed by atoms with Gasteiger partial charge in [0.15, 0.2) is 0 Å². The lowest BCUT2D eigenvalue weighted by atomic mass is 10.1. The Bertz CT molecular complexity index is 509. The Balaban J connectivity index is 1.62. The molecule has 2 amide bonds. The molecular weight excluding hydrogens is 254 g/mol. The predicted molar refractivity (Wildman–Crippen MR) is 76.4 cm³/mol. The number of hydrogen-bond acceptors (Lipinski definition) is 4. The van der Waals surface area contributed by atoms with Gasteiger partial charge in [0.05, 0.1) is 12.5 Å². The summed E-state index contributed by atoms with van der Waals surface area (Å²) in [5.41, 5.74) is 1.22. The van der Waals surface area contributed by atoms with Crippen molar-refractivity contribution in [3.8, 4) is 0 Å². The average Bonchev–Trinajstić information content (AvgIpc) is 2.76. The maximum absolute atomic E-state index is 12.0. The van der Waals surface area contributed by atoms with Gasteiger partial charge in [0, 0.05) is 38.9 Å². The lowest BCUT2D eigenvalue weighted by Gasteiger charge is -2.38. The Labute approximate surface area is 118 Å². The van der Waals surface area contributed by atoms with E-state index in [0.29, 0.717) is 6.42 Å². The van der Waals surface area contributed by atoms with E-state index in [4.69, 9.17) is 0 Å². The maximum Gasteiger partial charge on any atom is 0.246 e. The summed E-state index contributed by atoms with van der Waals surface area (Å²) in [6, 6.07) is 10.1. The summed E-state index contributed by atoms with van der Waals surface area (Å²) in [4.78, 5) is 29.3. The van der Waals surface area contributed by atoms with E-state index in [0.717, 1.165) is 26.2 Å². The highest BCUT2D eigenvalue weighted by Crippen LogP contribution is 2.21. The smallest absolute Gasteiger partial charge is 0.246 e.